The molecule has 0 aromatic heterocycles. The van der Waals surface area contributed by atoms with Gasteiger partial charge < -0.3 is 0 Å². The average Bonchev–Trinajstić information content (AvgIpc) is 1.95. The lowest BCUT2D eigenvalue weighted by Gasteiger charge is -2.22. The lowest BCUT2D eigenvalue weighted by molar-refractivity contribution is -0.314. The number of hydrogen-bond acceptors (Lipinski definition) is 2. The lowest BCUT2D eigenvalue weighted by atomic mass is 10.6. The minimum absolute atomic E-state index is 3.05. The van der Waals surface area contributed by atoms with Crippen LogP contribution in [0.5, 0.6) is 0 Å². The SMILES string of the molecule is FC(F)(F)C1(Cl)OC(F)(Cl)C(Cl)(Cl)O1. The molecule has 1 fully saturated rings. The molecule has 1 aliphatic rings. The summed E-state index contributed by atoms with van der Waals surface area (Å²) in [5, 5.41) is -7.39. The maximum Gasteiger partial charge on any atom is 0.460 e. The Bertz CT molecular complexity index is 236. The van der Waals surface area contributed by atoms with Gasteiger partial charge in [0.05, 0.1) is 0 Å². The van der Waals surface area contributed by atoms with Crippen LogP contribution in [0.1, 0.15) is 0 Å². The number of hydrogen-bond donors (Lipinski definition) is 0. The van der Waals surface area contributed by atoms with Crippen LogP contribution in [-0.4, -0.2) is 21.3 Å². The van der Waals surface area contributed by atoms with Crippen molar-refractivity contribution in [2.75, 3.05) is 0 Å². The van der Waals surface area contributed by atoms with Gasteiger partial charge in [-0.3, -0.25) is 9.47 Å². The van der Waals surface area contributed by atoms with Crippen molar-refractivity contribution in [3.05, 3.63) is 0 Å². The van der Waals surface area contributed by atoms with Gasteiger partial charge in [0.2, 0.25) is 0 Å². The summed E-state index contributed by atoms with van der Waals surface area (Å²) in [5.41, 5.74) is 0. The van der Waals surface area contributed by atoms with Gasteiger partial charge in [0.25, 0.3) is 4.52 Å². The molecule has 1 heterocycles. The zero-order chi connectivity index (χ0) is 11.4. The van der Waals surface area contributed by atoms with Crippen molar-refractivity contribution in [3.63, 3.8) is 0 Å². The predicted molar refractivity (Wildman–Crippen MR) is 40.9 cm³/mol. The quantitative estimate of drug-likeness (QED) is 0.503. The van der Waals surface area contributed by atoms with Gasteiger partial charge in [0, 0.05) is 0 Å². The minimum atomic E-state index is -5.24. The van der Waals surface area contributed by atoms with Crippen LogP contribution < -0.4 is 0 Å². The molecule has 0 aromatic carbocycles. The normalized spacial score (nSPS) is 42.9. The van der Waals surface area contributed by atoms with Crippen molar-refractivity contribution in [2.24, 2.45) is 0 Å². The first-order chi connectivity index (χ1) is 5.91. The Morgan fingerprint density at radius 3 is 1.50 bits per heavy atom. The standard InChI is InChI=1S/C4Cl4F4O2/c5-1(6)2(7,9)14-3(8,13-1)4(10,11)12. The van der Waals surface area contributed by atoms with E-state index < -0.39 is 21.3 Å². The van der Waals surface area contributed by atoms with Crippen molar-refractivity contribution < 1.29 is 27.0 Å². The summed E-state index contributed by atoms with van der Waals surface area (Å²) in [6.45, 7) is 0. The second-order valence-corrected chi connectivity index (χ2v) is 4.51. The van der Waals surface area contributed by atoms with E-state index in [0.29, 0.717) is 0 Å². The highest BCUT2D eigenvalue weighted by Crippen LogP contribution is 2.58. The van der Waals surface area contributed by atoms with Gasteiger partial charge in [-0.1, -0.05) is 23.2 Å². The van der Waals surface area contributed by atoms with E-state index in [1.807, 2.05) is 0 Å². The summed E-state index contributed by atoms with van der Waals surface area (Å²) >= 11 is 19.5. The van der Waals surface area contributed by atoms with E-state index in [2.05, 4.69) is 9.47 Å². The molecule has 0 aliphatic carbocycles. The van der Waals surface area contributed by atoms with E-state index >= 15 is 0 Å². The second-order valence-electron chi connectivity index (χ2n) is 2.27. The summed E-state index contributed by atoms with van der Waals surface area (Å²) in [6.07, 6.45) is -5.24. The first-order valence-corrected chi connectivity index (χ1v) is 4.34. The zero-order valence-electron chi connectivity index (χ0n) is 5.84. The molecule has 1 saturated heterocycles. The maximum atomic E-state index is 13.0. The van der Waals surface area contributed by atoms with Crippen LogP contribution in [0.15, 0.2) is 0 Å². The van der Waals surface area contributed by atoms with Gasteiger partial charge in [-0.15, -0.1) is 0 Å². The molecule has 0 aromatic rings. The molecule has 10 heteroatoms. The highest BCUT2D eigenvalue weighted by atomic mass is 35.5. The van der Waals surface area contributed by atoms with E-state index in [0.717, 1.165) is 0 Å². The zero-order valence-corrected chi connectivity index (χ0v) is 8.86. The van der Waals surface area contributed by atoms with Crippen molar-refractivity contribution in [1.29, 1.82) is 0 Å². The van der Waals surface area contributed by atoms with E-state index in [-0.39, 0.29) is 0 Å². The Morgan fingerprint density at radius 1 is 0.929 bits per heavy atom. The van der Waals surface area contributed by atoms with Crippen LogP contribution in [-0.2, 0) is 9.47 Å². The molecule has 2 unspecified atom stereocenters. The van der Waals surface area contributed by atoms with Crippen LogP contribution in [0.4, 0.5) is 17.6 Å². The fourth-order valence-corrected chi connectivity index (χ4v) is 1.37. The highest BCUT2D eigenvalue weighted by Gasteiger charge is 2.75. The van der Waals surface area contributed by atoms with Gasteiger partial charge in [-0.2, -0.15) is 17.6 Å². The van der Waals surface area contributed by atoms with Gasteiger partial charge in [0.15, 0.2) is 0 Å². The largest absolute Gasteiger partial charge is 0.460 e. The lowest BCUT2D eigenvalue weighted by Crippen LogP contribution is -2.42. The maximum absolute atomic E-state index is 13.0. The minimum Gasteiger partial charge on any atom is -0.287 e. The Hall–Kier alpha value is 0.800. The van der Waals surface area contributed by atoms with Gasteiger partial charge in [-0.05, 0) is 23.2 Å². The van der Waals surface area contributed by atoms with E-state index in [4.69, 9.17) is 46.4 Å². The summed E-state index contributed by atoms with van der Waals surface area (Å²) in [7, 11) is 0. The van der Waals surface area contributed by atoms with E-state index in [1.165, 1.54) is 0 Å². The predicted octanol–water partition coefficient (Wildman–Crippen LogP) is 3.48. The van der Waals surface area contributed by atoms with Gasteiger partial charge >= 0.3 is 16.7 Å². The molecule has 84 valence electrons. The first-order valence-electron chi connectivity index (χ1n) is 2.83. The summed E-state index contributed by atoms with van der Waals surface area (Å²) in [5.74, 6) is 0. The van der Waals surface area contributed by atoms with Crippen LogP contribution in [0.3, 0.4) is 0 Å². The molecular formula is C4Cl4F4O2. The number of halogens is 8. The van der Waals surface area contributed by atoms with E-state index in [9.17, 15) is 17.6 Å². The van der Waals surface area contributed by atoms with Crippen molar-refractivity contribution >= 4 is 46.4 Å². The molecule has 0 spiro atoms. The van der Waals surface area contributed by atoms with Gasteiger partial charge in [-0.25, -0.2) is 0 Å². The summed E-state index contributed by atoms with van der Waals surface area (Å²) in [6, 6.07) is 0. The molecule has 2 nitrogen and oxygen atoms in total. The summed E-state index contributed by atoms with van der Waals surface area (Å²) < 4.78 is 53.6. The fraction of sp³-hybridized carbons (Fsp3) is 1.00. The first kappa shape index (κ1) is 12.9. The molecule has 1 rings (SSSR count). The molecule has 0 saturated carbocycles. The molecule has 1 aliphatic heterocycles. The number of ether oxygens (including phenoxy) is 2. The Morgan fingerprint density at radius 2 is 1.36 bits per heavy atom. The Kier molecular flexibility index (Phi) is 2.89. The van der Waals surface area contributed by atoms with E-state index in [1.54, 1.807) is 0 Å². The van der Waals surface area contributed by atoms with Crippen molar-refractivity contribution in [1.82, 2.24) is 0 Å². The molecule has 14 heavy (non-hydrogen) atoms. The fourth-order valence-electron chi connectivity index (χ4n) is 0.585. The second kappa shape index (κ2) is 3.15. The average molecular weight is 298 g/mol. The van der Waals surface area contributed by atoms with Crippen LogP contribution in [0, 0.1) is 0 Å². The summed E-state index contributed by atoms with van der Waals surface area (Å²) in [4.78, 5) is 0. The monoisotopic (exact) mass is 296 g/mol. The molecule has 0 bridgehead atoms. The third kappa shape index (κ3) is 1.88. The third-order valence-corrected chi connectivity index (χ3v) is 2.74. The third-order valence-electron chi connectivity index (χ3n) is 1.20. The van der Waals surface area contributed by atoms with Crippen LogP contribution in [0.2, 0.25) is 0 Å². The molecule has 0 radical (unpaired) electrons. The Balaban J connectivity index is 3.03. The van der Waals surface area contributed by atoms with Crippen LogP contribution in [0.25, 0.3) is 0 Å². The number of alkyl halides is 8. The molecule has 0 amide bonds. The van der Waals surface area contributed by atoms with Crippen LogP contribution >= 0.6 is 46.4 Å². The Labute approximate surface area is 94.9 Å². The van der Waals surface area contributed by atoms with Crippen molar-refractivity contribution in [3.8, 4) is 0 Å². The molecule has 0 N–H and O–H groups in total. The molecular weight excluding hydrogens is 298 g/mol. The molecule has 2 atom stereocenters. The highest BCUT2D eigenvalue weighted by molar-refractivity contribution is 6.52. The van der Waals surface area contributed by atoms with Gasteiger partial charge in [0.1, 0.15) is 0 Å². The number of rotatable bonds is 0. The smallest absolute Gasteiger partial charge is 0.287 e. The van der Waals surface area contributed by atoms with Crippen molar-refractivity contribution in [2.45, 2.75) is 21.3 Å². The topological polar surface area (TPSA) is 18.5 Å².